The number of amides is 2. The van der Waals surface area contributed by atoms with Crippen molar-refractivity contribution in [2.24, 2.45) is 11.3 Å². The molecule has 0 saturated heterocycles. The molecule has 0 aliphatic carbocycles. The smallest absolute Gasteiger partial charge is 0.335 e. The van der Waals surface area contributed by atoms with Crippen LogP contribution in [0.25, 0.3) is 6.08 Å². The summed E-state index contributed by atoms with van der Waals surface area (Å²) in [5.41, 5.74) is 1.15. The minimum atomic E-state index is -1.69. The summed E-state index contributed by atoms with van der Waals surface area (Å²) < 4.78 is 4.67. The lowest BCUT2D eigenvalue weighted by atomic mass is 9.80. The highest BCUT2D eigenvalue weighted by Gasteiger charge is 2.39. The van der Waals surface area contributed by atoms with Crippen LogP contribution >= 0.6 is 0 Å². The van der Waals surface area contributed by atoms with Crippen LogP contribution in [0.4, 0.5) is 0 Å². The number of methoxy groups -OCH3 is 1. The number of carbonyl (C=O) groups excluding carboxylic acids is 3. The average Bonchev–Trinajstić information content (AvgIpc) is 2.88. The van der Waals surface area contributed by atoms with Crippen molar-refractivity contribution in [1.29, 1.82) is 0 Å². The molecule has 2 amide bonds. The van der Waals surface area contributed by atoms with Crippen molar-refractivity contribution in [2.45, 2.75) is 45.4 Å². The number of aliphatic hydroxyl groups is 1. The number of aliphatic hydroxyl groups excluding tert-OH is 1. The zero-order valence-electron chi connectivity index (χ0n) is 21.1. The Morgan fingerprint density at radius 2 is 1.64 bits per heavy atom. The highest BCUT2D eigenvalue weighted by molar-refractivity contribution is 5.92. The van der Waals surface area contributed by atoms with Crippen LogP contribution in [0, 0.1) is 11.3 Å². The van der Waals surface area contributed by atoms with E-state index in [1.165, 1.54) is 0 Å². The normalized spacial score (nSPS) is 13.9. The molecular weight excluding hydrogens is 456 g/mol. The average molecular weight is 493 g/mol. The van der Waals surface area contributed by atoms with Crippen molar-refractivity contribution < 1.29 is 24.2 Å². The minimum Gasteiger partial charge on any atom is -0.467 e. The van der Waals surface area contributed by atoms with Gasteiger partial charge in [0.05, 0.1) is 13.0 Å². The van der Waals surface area contributed by atoms with E-state index in [0.29, 0.717) is 13.0 Å². The standard InChI is InChI=1S/C29H36N2O5/c1-5-19-29(2,3)25(27(34)30-20-22-15-10-7-11-16-22)31-26(33)23(24(32)28(35)36-4)18-12-17-21-13-8-6-9-14-21/h5-17,23-25,32H,1,18-20H2,2-4H3,(H,30,34)(H,31,33)/b17-12+/t23-,24+,25?/m1/s1. The maximum atomic E-state index is 13.4. The van der Waals surface area contributed by atoms with E-state index >= 15 is 0 Å². The molecule has 7 heteroatoms. The Morgan fingerprint density at radius 1 is 1.03 bits per heavy atom. The van der Waals surface area contributed by atoms with E-state index in [4.69, 9.17) is 0 Å². The molecule has 36 heavy (non-hydrogen) atoms. The number of hydrogen-bond acceptors (Lipinski definition) is 5. The summed E-state index contributed by atoms with van der Waals surface area (Å²) in [5, 5.41) is 16.2. The first kappa shape index (κ1) is 28.5. The first-order valence-corrected chi connectivity index (χ1v) is 11.9. The van der Waals surface area contributed by atoms with Crippen molar-refractivity contribution in [3.05, 3.63) is 90.5 Å². The van der Waals surface area contributed by atoms with Gasteiger partial charge in [0.1, 0.15) is 6.04 Å². The van der Waals surface area contributed by atoms with Crippen LogP contribution in [0.2, 0.25) is 0 Å². The Balaban J connectivity index is 2.24. The maximum Gasteiger partial charge on any atom is 0.335 e. The highest BCUT2D eigenvalue weighted by atomic mass is 16.5. The van der Waals surface area contributed by atoms with Gasteiger partial charge in [-0.1, -0.05) is 92.7 Å². The fourth-order valence-electron chi connectivity index (χ4n) is 3.82. The number of hydrogen-bond donors (Lipinski definition) is 3. The van der Waals surface area contributed by atoms with Crippen LogP contribution < -0.4 is 10.6 Å². The molecule has 7 nitrogen and oxygen atoms in total. The summed E-state index contributed by atoms with van der Waals surface area (Å²) in [6.07, 6.45) is 4.03. The number of allylic oxidation sites excluding steroid dienone is 2. The second-order valence-electron chi connectivity index (χ2n) is 9.25. The monoisotopic (exact) mass is 492 g/mol. The SMILES string of the molecule is C=CCC(C)(C)C(NC(=O)[C@H](C/C=C/c1ccccc1)[C@H](O)C(=O)OC)C(=O)NCc1ccccc1. The van der Waals surface area contributed by atoms with Gasteiger partial charge in [0, 0.05) is 6.54 Å². The lowest BCUT2D eigenvalue weighted by Crippen LogP contribution is -2.56. The molecule has 192 valence electrons. The van der Waals surface area contributed by atoms with Crippen LogP contribution in [-0.4, -0.2) is 42.1 Å². The van der Waals surface area contributed by atoms with Gasteiger partial charge in [-0.2, -0.15) is 0 Å². The third-order valence-electron chi connectivity index (χ3n) is 5.97. The lowest BCUT2D eigenvalue weighted by molar-refractivity contribution is -0.157. The number of ether oxygens (including phenoxy) is 1. The first-order valence-electron chi connectivity index (χ1n) is 11.9. The van der Waals surface area contributed by atoms with Crippen LogP contribution in [0.1, 0.15) is 37.8 Å². The van der Waals surface area contributed by atoms with Crippen molar-refractivity contribution >= 4 is 23.9 Å². The van der Waals surface area contributed by atoms with Crippen molar-refractivity contribution in [3.8, 4) is 0 Å². The Labute approximate surface area is 213 Å². The lowest BCUT2D eigenvalue weighted by Gasteiger charge is -2.34. The van der Waals surface area contributed by atoms with E-state index in [0.717, 1.165) is 18.2 Å². The van der Waals surface area contributed by atoms with Gasteiger partial charge < -0.3 is 20.5 Å². The molecule has 0 aliphatic rings. The number of benzene rings is 2. The quantitative estimate of drug-likeness (QED) is 0.293. The van der Waals surface area contributed by atoms with Crippen molar-refractivity contribution in [1.82, 2.24) is 10.6 Å². The summed E-state index contributed by atoms with van der Waals surface area (Å²) in [6, 6.07) is 17.9. The number of esters is 1. The predicted octanol–water partition coefficient (Wildman–Crippen LogP) is 3.64. The summed E-state index contributed by atoms with van der Waals surface area (Å²) >= 11 is 0. The van der Waals surface area contributed by atoms with Crippen LogP contribution in [0.5, 0.6) is 0 Å². The van der Waals surface area contributed by atoms with Crippen LogP contribution in [-0.2, 0) is 25.7 Å². The summed E-state index contributed by atoms with van der Waals surface area (Å²) in [5.74, 6) is -3.06. The van der Waals surface area contributed by atoms with Gasteiger partial charge in [-0.3, -0.25) is 9.59 Å². The van der Waals surface area contributed by atoms with Gasteiger partial charge in [-0.05, 0) is 29.4 Å². The van der Waals surface area contributed by atoms with Crippen molar-refractivity contribution in [3.63, 3.8) is 0 Å². The first-order chi connectivity index (χ1) is 17.2. The Kier molecular flexibility index (Phi) is 11.1. The third-order valence-corrected chi connectivity index (χ3v) is 5.97. The van der Waals surface area contributed by atoms with Gasteiger partial charge in [-0.25, -0.2) is 4.79 Å². The van der Waals surface area contributed by atoms with Crippen LogP contribution in [0.3, 0.4) is 0 Å². The molecule has 2 rings (SSSR count). The molecule has 3 N–H and O–H groups in total. The van der Waals surface area contributed by atoms with E-state index < -0.39 is 35.4 Å². The number of carbonyl (C=O) groups is 3. The Bertz CT molecular complexity index is 1030. The van der Waals surface area contributed by atoms with Gasteiger partial charge in [-0.15, -0.1) is 6.58 Å². The fourth-order valence-corrected chi connectivity index (χ4v) is 3.82. The second kappa shape index (κ2) is 14.0. The molecule has 3 atom stereocenters. The molecule has 2 aromatic carbocycles. The maximum absolute atomic E-state index is 13.4. The van der Waals surface area contributed by atoms with Gasteiger partial charge in [0.15, 0.2) is 6.10 Å². The fraction of sp³-hybridized carbons (Fsp3) is 0.345. The summed E-state index contributed by atoms with van der Waals surface area (Å²) in [4.78, 5) is 38.7. The molecule has 0 radical (unpaired) electrons. The molecule has 0 heterocycles. The Hall–Kier alpha value is -3.71. The zero-order chi connectivity index (χ0) is 26.6. The number of nitrogens with one attached hydrogen (secondary N) is 2. The van der Waals surface area contributed by atoms with Gasteiger partial charge >= 0.3 is 5.97 Å². The highest BCUT2D eigenvalue weighted by Crippen LogP contribution is 2.27. The molecule has 2 aromatic rings. The molecule has 0 aromatic heterocycles. The molecule has 1 unspecified atom stereocenters. The van der Waals surface area contributed by atoms with Gasteiger partial charge in [0.25, 0.3) is 0 Å². The third kappa shape index (κ3) is 8.50. The molecule has 0 fully saturated rings. The molecule has 0 saturated carbocycles. The molecular formula is C29H36N2O5. The summed E-state index contributed by atoms with van der Waals surface area (Å²) in [6.45, 7) is 7.77. The molecule has 0 spiro atoms. The van der Waals surface area contributed by atoms with E-state index in [2.05, 4.69) is 21.9 Å². The molecule has 0 bridgehead atoms. The van der Waals surface area contributed by atoms with E-state index in [1.807, 2.05) is 74.5 Å². The predicted molar refractivity (Wildman–Crippen MR) is 140 cm³/mol. The second-order valence-corrected chi connectivity index (χ2v) is 9.25. The van der Waals surface area contributed by atoms with Crippen molar-refractivity contribution in [2.75, 3.05) is 7.11 Å². The zero-order valence-corrected chi connectivity index (χ0v) is 21.1. The van der Waals surface area contributed by atoms with E-state index in [1.54, 1.807) is 18.2 Å². The number of rotatable bonds is 13. The minimum absolute atomic E-state index is 0.0667. The largest absolute Gasteiger partial charge is 0.467 e. The topological polar surface area (TPSA) is 105 Å². The van der Waals surface area contributed by atoms with Crippen LogP contribution in [0.15, 0.2) is 79.4 Å². The van der Waals surface area contributed by atoms with E-state index in [9.17, 15) is 19.5 Å². The summed E-state index contributed by atoms with van der Waals surface area (Å²) in [7, 11) is 1.15. The Morgan fingerprint density at radius 3 is 2.22 bits per heavy atom. The van der Waals surface area contributed by atoms with E-state index in [-0.39, 0.29) is 12.3 Å². The van der Waals surface area contributed by atoms with Gasteiger partial charge in [0.2, 0.25) is 11.8 Å². The molecule has 0 aliphatic heterocycles.